The maximum atomic E-state index is 12.1. The Labute approximate surface area is 191 Å². The van der Waals surface area contributed by atoms with Crippen LogP contribution in [0.3, 0.4) is 0 Å². The Bertz CT molecular complexity index is 993. The molecule has 0 aliphatic heterocycles. The number of rotatable bonds is 10. The highest BCUT2D eigenvalue weighted by molar-refractivity contribution is 5.89. The van der Waals surface area contributed by atoms with Gasteiger partial charge in [-0.3, -0.25) is 9.59 Å². The fourth-order valence-electron chi connectivity index (χ4n) is 3.83. The standard InChI is InChI=1S/C24H27N3O6/c1-2-7-20(23(30)31)27-22(29)13-25-21(28)12-26-24(32)33-14-19-17-10-5-3-8-15(17)16-9-4-6-11-18(16)19/h3-6,8-11,19-20H,2,7,12-14H2,1H3,(H,25,28)(H,26,32)(H,27,29)(H,30,31)/t20-/m0/s1. The summed E-state index contributed by atoms with van der Waals surface area (Å²) in [6, 6.07) is 14.9. The summed E-state index contributed by atoms with van der Waals surface area (Å²) in [5.74, 6) is -2.44. The zero-order valence-electron chi connectivity index (χ0n) is 18.3. The van der Waals surface area contributed by atoms with Gasteiger partial charge < -0.3 is 25.8 Å². The minimum absolute atomic E-state index is 0.0917. The first kappa shape index (κ1) is 23.8. The summed E-state index contributed by atoms with van der Waals surface area (Å²) in [6.45, 7) is 1.16. The summed E-state index contributed by atoms with van der Waals surface area (Å²) >= 11 is 0. The number of nitrogens with one attached hydrogen (secondary N) is 3. The van der Waals surface area contributed by atoms with E-state index in [0.717, 1.165) is 22.3 Å². The first-order valence-electron chi connectivity index (χ1n) is 10.8. The van der Waals surface area contributed by atoms with Gasteiger partial charge in [0.05, 0.1) is 6.54 Å². The smallest absolute Gasteiger partial charge is 0.407 e. The van der Waals surface area contributed by atoms with Crippen LogP contribution in [-0.2, 0) is 19.1 Å². The Morgan fingerprint density at radius 2 is 1.48 bits per heavy atom. The van der Waals surface area contributed by atoms with Gasteiger partial charge in [0, 0.05) is 5.92 Å². The van der Waals surface area contributed by atoms with E-state index in [-0.39, 0.29) is 19.1 Å². The molecule has 9 nitrogen and oxygen atoms in total. The van der Waals surface area contributed by atoms with Crippen molar-refractivity contribution in [3.05, 3.63) is 59.7 Å². The summed E-state index contributed by atoms with van der Waals surface area (Å²) in [4.78, 5) is 46.9. The molecule has 1 aliphatic carbocycles. The number of aliphatic carboxylic acids is 1. The molecule has 4 N–H and O–H groups in total. The number of hydrogen-bond acceptors (Lipinski definition) is 5. The van der Waals surface area contributed by atoms with Crippen LogP contribution in [0, 0.1) is 0 Å². The second-order valence-electron chi connectivity index (χ2n) is 7.70. The van der Waals surface area contributed by atoms with Crippen molar-refractivity contribution in [3.8, 4) is 11.1 Å². The van der Waals surface area contributed by atoms with Crippen LogP contribution in [-0.4, -0.2) is 54.7 Å². The number of ether oxygens (including phenoxy) is 1. The number of benzene rings is 2. The third-order valence-electron chi connectivity index (χ3n) is 5.39. The Kier molecular flexibility index (Phi) is 8.01. The SMILES string of the molecule is CCC[C@H](NC(=O)CNC(=O)CNC(=O)OCC1c2ccccc2-c2ccccc21)C(=O)O. The van der Waals surface area contributed by atoms with E-state index >= 15 is 0 Å². The van der Waals surface area contributed by atoms with Crippen molar-refractivity contribution in [2.24, 2.45) is 0 Å². The summed E-state index contributed by atoms with van der Waals surface area (Å²) < 4.78 is 5.35. The van der Waals surface area contributed by atoms with E-state index < -0.39 is 36.5 Å². The van der Waals surface area contributed by atoms with Gasteiger partial charge in [0.2, 0.25) is 11.8 Å². The molecule has 1 atom stereocenters. The van der Waals surface area contributed by atoms with Gasteiger partial charge in [-0.05, 0) is 28.7 Å². The van der Waals surface area contributed by atoms with Gasteiger partial charge in [-0.25, -0.2) is 9.59 Å². The molecule has 0 spiro atoms. The van der Waals surface area contributed by atoms with Crippen LogP contribution < -0.4 is 16.0 Å². The van der Waals surface area contributed by atoms with Crippen LogP contribution in [0.2, 0.25) is 0 Å². The third-order valence-corrected chi connectivity index (χ3v) is 5.39. The van der Waals surface area contributed by atoms with Crippen molar-refractivity contribution in [2.45, 2.75) is 31.7 Å². The monoisotopic (exact) mass is 453 g/mol. The van der Waals surface area contributed by atoms with Crippen LogP contribution in [0.15, 0.2) is 48.5 Å². The summed E-state index contributed by atoms with van der Waals surface area (Å²) in [5, 5.41) is 16.1. The Morgan fingerprint density at radius 3 is 2.06 bits per heavy atom. The van der Waals surface area contributed by atoms with E-state index in [1.807, 2.05) is 48.5 Å². The highest BCUT2D eigenvalue weighted by Crippen LogP contribution is 2.44. The van der Waals surface area contributed by atoms with E-state index in [1.165, 1.54) is 0 Å². The average molecular weight is 453 g/mol. The summed E-state index contributed by atoms with van der Waals surface area (Å²) in [5.41, 5.74) is 4.39. The molecule has 3 amide bonds. The average Bonchev–Trinajstić information content (AvgIpc) is 3.13. The second kappa shape index (κ2) is 11.1. The molecule has 174 valence electrons. The number of fused-ring (bicyclic) bond motifs is 3. The van der Waals surface area contributed by atoms with Gasteiger partial charge in [0.15, 0.2) is 0 Å². The van der Waals surface area contributed by atoms with Crippen molar-refractivity contribution < 1.29 is 29.0 Å². The molecule has 2 aromatic carbocycles. The molecule has 0 saturated carbocycles. The van der Waals surface area contributed by atoms with E-state index in [2.05, 4.69) is 16.0 Å². The molecule has 0 aromatic heterocycles. The zero-order valence-corrected chi connectivity index (χ0v) is 18.3. The van der Waals surface area contributed by atoms with E-state index in [9.17, 15) is 19.2 Å². The normalized spacial score (nSPS) is 12.8. The predicted molar refractivity (Wildman–Crippen MR) is 121 cm³/mol. The van der Waals surface area contributed by atoms with Crippen molar-refractivity contribution in [2.75, 3.05) is 19.7 Å². The lowest BCUT2D eigenvalue weighted by molar-refractivity contribution is -0.141. The van der Waals surface area contributed by atoms with Gasteiger partial charge >= 0.3 is 12.1 Å². The number of hydrogen-bond donors (Lipinski definition) is 4. The molecule has 0 radical (unpaired) electrons. The lowest BCUT2D eigenvalue weighted by Gasteiger charge is -2.15. The first-order chi connectivity index (χ1) is 15.9. The lowest BCUT2D eigenvalue weighted by atomic mass is 9.98. The predicted octanol–water partition coefficient (Wildman–Crippen LogP) is 2.01. The van der Waals surface area contributed by atoms with Gasteiger partial charge in [-0.1, -0.05) is 61.9 Å². The van der Waals surface area contributed by atoms with Crippen LogP contribution in [0.25, 0.3) is 11.1 Å². The van der Waals surface area contributed by atoms with Crippen LogP contribution in [0.4, 0.5) is 4.79 Å². The van der Waals surface area contributed by atoms with Crippen molar-refractivity contribution in [1.82, 2.24) is 16.0 Å². The van der Waals surface area contributed by atoms with Crippen LogP contribution in [0.1, 0.15) is 36.8 Å². The molecule has 0 saturated heterocycles. The van der Waals surface area contributed by atoms with Crippen LogP contribution in [0.5, 0.6) is 0 Å². The topological polar surface area (TPSA) is 134 Å². The largest absolute Gasteiger partial charge is 0.480 e. The molecule has 3 rings (SSSR count). The van der Waals surface area contributed by atoms with E-state index in [4.69, 9.17) is 9.84 Å². The number of carbonyl (C=O) groups excluding carboxylic acids is 3. The maximum absolute atomic E-state index is 12.1. The number of carboxylic acids is 1. The fraction of sp³-hybridized carbons (Fsp3) is 0.333. The van der Waals surface area contributed by atoms with Gasteiger partial charge in [0.1, 0.15) is 19.2 Å². The summed E-state index contributed by atoms with van der Waals surface area (Å²) in [6.07, 6.45) is 0.136. The van der Waals surface area contributed by atoms with Crippen molar-refractivity contribution in [3.63, 3.8) is 0 Å². The van der Waals surface area contributed by atoms with E-state index in [0.29, 0.717) is 12.8 Å². The number of carbonyl (C=O) groups is 4. The Balaban J connectivity index is 1.42. The number of amides is 3. The highest BCUT2D eigenvalue weighted by atomic mass is 16.5. The molecule has 33 heavy (non-hydrogen) atoms. The molecule has 0 unspecified atom stereocenters. The molecule has 0 bridgehead atoms. The molecule has 1 aliphatic rings. The highest BCUT2D eigenvalue weighted by Gasteiger charge is 2.29. The fourth-order valence-corrected chi connectivity index (χ4v) is 3.83. The second-order valence-corrected chi connectivity index (χ2v) is 7.70. The van der Waals surface area contributed by atoms with Gasteiger partial charge in [0.25, 0.3) is 0 Å². The van der Waals surface area contributed by atoms with Gasteiger partial charge in [-0.2, -0.15) is 0 Å². The minimum Gasteiger partial charge on any atom is -0.480 e. The quantitative estimate of drug-likeness (QED) is 0.435. The Morgan fingerprint density at radius 1 is 0.909 bits per heavy atom. The van der Waals surface area contributed by atoms with Crippen molar-refractivity contribution >= 4 is 23.9 Å². The molecule has 0 heterocycles. The summed E-state index contributed by atoms with van der Waals surface area (Å²) in [7, 11) is 0. The third kappa shape index (κ3) is 6.09. The molecular weight excluding hydrogens is 426 g/mol. The number of alkyl carbamates (subject to hydrolysis) is 1. The number of carboxylic acid groups (broad SMARTS) is 1. The molecule has 2 aromatic rings. The Hall–Kier alpha value is -3.88. The maximum Gasteiger partial charge on any atom is 0.407 e. The minimum atomic E-state index is -1.13. The van der Waals surface area contributed by atoms with Gasteiger partial charge in [-0.15, -0.1) is 0 Å². The van der Waals surface area contributed by atoms with E-state index in [1.54, 1.807) is 6.92 Å². The van der Waals surface area contributed by atoms with Crippen molar-refractivity contribution in [1.29, 1.82) is 0 Å². The zero-order chi connectivity index (χ0) is 23.8. The van der Waals surface area contributed by atoms with Crippen LogP contribution >= 0.6 is 0 Å². The first-order valence-corrected chi connectivity index (χ1v) is 10.8. The molecular formula is C24H27N3O6. The lowest BCUT2D eigenvalue weighted by Crippen LogP contribution is -2.47. The molecule has 9 heteroatoms. The molecule has 0 fully saturated rings.